The second kappa shape index (κ2) is 5.67. The molecule has 0 radical (unpaired) electrons. The lowest BCUT2D eigenvalue weighted by Gasteiger charge is -2.14. The predicted octanol–water partition coefficient (Wildman–Crippen LogP) is 4.36. The van der Waals surface area contributed by atoms with Crippen molar-refractivity contribution in [3.63, 3.8) is 0 Å². The van der Waals surface area contributed by atoms with Gasteiger partial charge in [0.25, 0.3) is 0 Å². The summed E-state index contributed by atoms with van der Waals surface area (Å²) in [7, 11) is 0. The molecule has 0 saturated carbocycles. The summed E-state index contributed by atoms with van der Waals surface area (Å²) in [5, 5.41) is 2.83. The molecule has 0 aliphatic rings. The Bertz CT molecular complexity index is 442. The number of rotatable bonds is 4. The Labute approximate surface area is 109 Å². The highest BCUT2D eigenvalue weighted by atomic mass is 35.5. The molecule has 0 bridgehead atoms. The highest BCUT2D eigenvalue weighted by molar-refractivity contribution is 7.07. The second-order valence-corrected chi connectivity index (χ2v) is 4.99. The summed E-state index contributed by atoms with van der Waals surface area (Å²) in [4.78, 5) is 4.28. The van der Waals surface area contributed by atoms with Crippen LogP contribution >= 0.6 is 34.5 Å². The van der Waals surface area contributed by atoms with Gasteiger partial charge in [-0.2, -0.15) is 0 Å². The maximum atomic E-state index is 6.16. The van der Waals surface area contributed by atoms with E-state index in [9.17, 15) is 0 Å². The minimum absolute atomic E-state index is 0.234. The Kier molecular flexibility index (Phi) is 4.22. The van der Waals surface area contributed by atoms with E-state index in [0.29, 0.717) is 5.88 Å². The molecule has 0 amide bonds. The fourth-order valence-electron chi connectivity index (χ4n) is 1.64. The lowest BCUT2D eigenvalue weighted by atomic mass is 9.96. The van der Waals surface area contributed by atoms with Gasteiger partial charge in [-0.1, -0.05) is 29.8 Å². The smallest absolute Gasteiger partial charge is 0.0794 e. The van der Waals surface area contributed by atoms with E-state index in [1.54, 1.807) is 11.3 Å². The highest BCUT2D eigenvalue weighted by Gasteiger charge is 2.14. The number of halogens is 2. The first-order valence-corrected chi connectivity index (χ1v) is 6.84. The minimum Gasteiger partial charge on any atom is -0.250 e. The van der Waals surface area contributed by atoms with Gasteiger partial charge in [0.2, 0.25) is 0 Å². The Morgan fingerprint density at radius 1 is 1.31 bits per heavy atom. The average Bonchev–Trinajstić information content (AvgIpc) is 2.80. The van der Waals surface area contributed by atoms with Crippen molar-refractivity contribution in [2.45, 2.75) is 12.3 Å². The van der Waals surface area contributed by atoms with Gasteiger partial charge >= 0.3 is 0 Å². The molecule has 0 N–H and O–H groups in total. The van der Waals surface area contributed by atoms with Crippen molar-refractivity contribution >= 4 is 34.5 Å². The van der Waals surface area contributed by atoms with Crippen molar-refractivity contribution in [3.05, 3.63) is 51.4 Å². The van der Waals surface area contributed by atoms with Crippen LogP contribution in [0.25, 0.3) is 0 Å². The molecule has 1 aromatic heterocycles. The Hall–Kier alpha value is -0.570. The number of nitrogens with zero attached hydrogens (tertiary/aromatic N) is 1. The molecule has 0 aliphatic heterocycles. The van der Waals surface area contributed by atoms with E-state index in [0.717, 1.165) is 22.7 Å². The van der Waals surface area contributed by atoms with Gasteiger partial charge in [0, 0.05) is 22.2 Å². The van der Waals surface area contributed by atoms with Crippen LogP contribution in [0.3, 0.4) is 0 Å². The largest absolute Gasteiger partial charge is 0.250 e. The summed E-state index contributed by atoms with van der Waals surface area (Å²) < 4.78 is 0. The summed E-state index contributed by atoms with van der Waals surface area (Å²) in [6, 6.07) is 7.85. The summed E-state index contributed by atoms with van der Waals surface area (Å²) in [6.45, 7) is 0. The summed E-state index contributed by atoms with van der Waals surface area (Å²) >= 11 is 13.8. The van der Waals surface area contributed by atoms with Crippen molar-refractivity contribution in [1.29, 1.82) is 0 Å². The molecule has 1 heterocycles. The molecular weight excluding hydrogens is 261 g/mol. The number of hydrogen-bond acceptors (Lipinski definition) is 2. The van der Waals surface area contributed by atoms with E-state index in [-0.39, 0.29) is 5.92 Å². The van der Waals surface area contributed by atoms with E-state index in [1.807, 2.05) is 29.8 Å². The molecule has 1 unspecified atom stereocenters. The van der Waals surface area contributed by atoms with Gasteiger partial charge in [0.15, 0.2) is 0 Å². The van der Waals surface area contributed by atoms with Gasteiger partial charge in [-0.05, 0) is 18.1 Å². The van der Waals surface area contributed by atoms with Crippen LogP contribution in [0.2, 0.25) is 5.02 Å². The number of thiazole rings is 1. The zero-order valence-electron chi connectivity index (χ0n) is 8.57. The third-order valence-corrected chi connectivity index (χ3v) is 3.82. The van der Waals surface area contributed by atoms with Crippen LogP contribution in [0.4, 0.5) is 0 Å². The normalized spacial score (nSPS) is 12.6. The van der Waals surface area contributed by atoms with Gasteiger partial charge < -0.3 is 0 Å². The van der Waals surface area contributed by atoms with Crippen LogP contribution in [0.15, 0.2) is 35.2 Å². The van der Waals surface area contributed by atoms with Gasteiger partial charge in [0.1, 0.15) is 0 Å². The molecule has 4 heteroatoms. The SMILES string of the molecule is ClCC(Cc1cscn1)c1ccccc1Cl. The molecule has 0 aliphatic carbocycles. The standard InChI is InChI=1S/C12H11Cl2NS/c13-6-9(5-10-7-16-8-15-10)11-3-1-2-4-12(11)14/h1-4,7-9H,5-6H2. The highest BCUT2D eigenvalue weighted by Crippen LogP contribution is 2.28. The van der Waals surface area contributed by atoms with Crippen LogP contribution in [-0.2, 0) is 6.42 Å². The van der Waals surface area contributed by atoms with E-state index in [4.69, 9.17) is 23.2 Å². The lowest BCUT2D eigenvalue weighted by Crippen LogP contribution is -2.05. The maximum Gasteiger partial charge on any atom is 0.0794 e. The van der Waals surface area contributed by atoms with Crippen molar-refractivity contribution in [1.82, 2.24) is 4.98 Å². The number of alkyl halides is 1. The first-order chi connectivity index (χ1) is 7.81. The average molecular weight is 272 g/mol. The molecule has 84 valence electrons. The number of hydrogen-bond donors (Lipinski definition) is 0. The molecule has 1 nitrogen and oxygen atoms in total. The zero-order valence-corrected chi connectivity index (χ0v) is 10.9. The predicted molar refractivity (Wildman–Crippen MR) is 70.7 cm³/mol. The van der Waals surface area contributed by atoms with Crippen LogP contribution in [0.5, 0.6) is 0 Å². The number of benzene rings is 1. The fraction of sp³-hybridized carbons (Fsp3) is 0.250. The van der Waals surface area contributed by atoms with Crippen LogP contribution < -0.4 is 0 Å². The monoisotopic (exact) mass is 271 g/mol. The van der Waals surface area contributed by atoms with Crippen LogP contribution in [0.1, 0.15) is 17.2 Å². The third kappa shape index (κ3) is 2.76. The third-order valence-electron chi connectivity index (χ3n) is 2.47. The molecule has 1 aromatic carbocycles. The Balaban J connectivity index is 2.20. The number of aromatic nitrogens is 1. The fourth-order valence-corrected chi connectivity index (χ4v) is 2.78. The van der Waals surface area contributed by atoms with E-state index >= 15 is 0 Å². The maximum absolute atomic E-state index is 6.16. The van der Waals surface area contributed by atoms with E-state index < -0.39 is 0 Å². The van der Waals surface area contributed by atoms with Crippen LogP contribution in [0, 0.1) is 0 Å². The summed E-state index contributed by atoms with van der Waals surface area (Å²) in [5.41, 5.74) is 4.02. The van der Waals surface area contributed by atoms with Crippen LogP contribution in [-0.4, -0.2) is 10.9 Å². The topological polar surface area (TPSA) is 12.9 Å². The molecule has 0 fully saturated rings. The molecular formula is C12H11Cl2NS. The van der Waals surface area contributed by atoms with Crippen molar-refractivity contribution in [2.24, 2.45) is 0 Å². The minimum atomic E-state index is 0.234. The van der Waals surface area contributed by atoms with Gasteiger partial charge in [-0.25, -0.2) is 4.98 Å². The van der Waals surface area contributed by atoms with Crippen molar-refractivity contribution < 1.29 is 0 Å². The van der Waals surface area contributed by atoms with Crippen molar-refractivity contribution in [3.8, 4) is 0 Å². The molecule has 16 heavy (non-hydrogen) atoms. The van der Waals surface area contributed by atoms with E-state index in [2.05, 4.69) is 10.4 Å². The second-order valence-electron chi connectivity index (χ2n) is 3.56. The first kappa shape index (κ1) is 11.9. The Morgan fingerprint density at radius 3 is 2.75 bits per heavy atom. The Morgan fingerprint density at radius 2 is 2.12 bits per heavy atom. The summed E-state index contributed by atoms with van der Waals surface area (Å²) in [5.74, 6) is 0.791. The van der Waals surface area contributed by atoms with Crippen molar-refractivity contribution in [2.75, 3.05) is 5.88 Å². The molecule has 1 atom stereocenters. The van der Waals surface area contributed by atoms with Gasteiger partial charge in [-0.3, -0.25) is 0 Å². The molecule has 2 rings (SSSR count). The molecule has 0 spiro atoms. The van der Waals surface area contributed by atoms with Gasteiger partial charge in [0.05, 0.1) is 11.2 Å². The lowest BCUT2D eigenvalue weighted by molar-refractivity contribution is 0.752. The van der Waals surface area contributed by atoms with E-state index in [1.165, 1.54) is 0 Å². The zero-order chi connectivity index (χ0) is 11.4. The quantitative estimate of drug-likeness (QED) is 0.753. The first-order valence-electron chi connectivity index (χ1n) is 4.98. The molecule has 2 aromatic rings. The molecule has 0 saturated heterocycles. The summed E-state index contributed by atoms with van der Waals surface area (Å²) in [6.07, 6.45) is 0.844. The van der Waals surface area contributed by atoms with Gasteiger partial charge in [-0.15, -0.1) is 22.9 Å².